The molecule has 0 saturated carbocycles. The molecule has 0 unspecified atom stereocenters. The summed E-state index contributed by atoms with van der Waals surface area (Å²) in [5, 5.41) is 18.5. The zero-order valence-corrected chi connectivity index (χ0v) is 13.5. The maximum absolute atomic E-state index is 12.2. The maximum Gasteiger partial charge on any atom is 0.326 e. The lowest BCUT2D eigenvalue weighted by Crippen LogP contribution is -2.67. The molecule has 2 fully saturated rings. The first-order valence-electron chi connectivity index (χ1n) is 6.54. The first kappa shape index (κ1) is 17.3. The van der Waals surface area contributed by atoms with Gasteiger partial charge in [-0.3, -0.25) is 15.0 Å². The van der Waals surface area contributed by atoms with Crippen molar-refractivity contribution in [2.45, 2.75) is 42.2 Å². The van der Waals surface area contributed by atoms with Gasteiger partial charge in [0.25, 0.3) is 0 Å². The molecular weight excluding hydrogens is 376 g/mol. The summed E-state index contributed by atoms with van der Waals surface area (Å²) in [5.74, 6) is -0.653. The van der Waals surface area contributed by atoms with Crippen LogP contribution in [0.5, 0.6) is 0 Å². The first-order chi connectivity index (χ1) is 10.9. The molecule has 0 aromatic rings. The van der Waals surface area contributed by atoms with Crippen molar-refractivity contribution >= 4 is 27.9 Å². The van der Waals surface area contributed by atoms with Crippen LogP contribution in [0.15, 0.2) is 10.2 Å². The van der Waals surface area contributed by atoms with E-state index in [-0.39, 0.29) is 6.42 Å². The number of aliphatic hydroxyl groups is 1. The van der Waals surface area contributed by atoms with Crippen molar-refractivity contribution in [1.82, 2.24) is 10.2 Å². The number of ether oxygens (including phenoxy) is 1. The number of urea groups is 1. The number of carbonyl (C=O) groups excluding carboxylic acids is 2. The largest absolute Gasteiger partial charge is 0.394 e. The molecule has 0 spiro atoms. The quantitative estimate of drug-likeness (QED) is 0.317. The van der Waals surface area contributed by atoms with E-state index >= 15 is 0 Å². The summed E-state index contributed by atoms with van der Waals surface area (Å²) in [7, 11) is 0. The SMILES string of the molecule is C[C@@]1(Br)C(=O)NC(=O)N([C@H]2C[C@H](N=[N+]=[N-])[C@@H](CO)O2)[C@H]1N=[N+]=[N-]. The van der Waals surface area contributed by atoms with Crippen molar-refractivity contribution in [3.05, 3.63) is 20.9 Å². The average molecular weight is 389 g/mol. The van der Waals surface area contributed by atoms with Gasteiger partial charge in [0, 0.05) is 16.2 Å². The zero-order valence-electron chi connectivity index (χ0n) is 11.9. The second-order valence-electron chi connectivity index (χ2n) is 5.14. The first-order valence-corrected chi connectivity index (χ1v) is 7.33. The van der Waals surface area contributed by atoms with Gasteiger partial charge in [-0.05, 0) is 18.0 Å². The summed E-state index contributed by atoms with van der Waals surface area (Å²) >= 11 is 3.16. The lowest BCUT2D eigenvalue weighted by molar-refractivity contribution is -0.129. The fourth-order valence-corrected chi connectivity index (χ4v) is 2.92. The molecule has 0 bridgehead atoms. The second kappa shape index (κ2) is 6.60. The van der Waals surface area contributed by atoms with Crippen LogP contribution >= 0.6 is 15.9 Å². The molecule has 2 aliphatic rings. The number of halogens is 1. The number of hydrogen-bond donors (Lipinski definition) is 2. The van der Waals surface area contributed by atoms with Gasteiger partial charge < -0.3 is 9.84 Å². The molecule has 2 aliphatic heterocycles. The van der Waals surface area contributed by atoms with E-state index in [1.807, 2.05) is 0 Å². The highest BCUT2D eigenvalue weighted by molar-refractivity contribution is 9.10. The molecule has 2 heterocycles. The number of rotatable bonds is 4. The number of carbonyl (C=O) groups is 2. The number of imide groups is 1. The van der Waals surface area contributed by atoms with Gasteiger partial charge in [-0.2, -0.15) is 0 Å². The summed E-state index contributed by atoms with van der Waals surface area (Å²) in [6.45, 7) is 1.04. The van der Waals surface area contributed by atoms with E-state index in [1.54, 1.807) is 0 Å². The van der Waals surface area contributed by atoms with Crippen LogP contribution in [-0.2, 0) is 9.53 Å². The number of nitrogens with zero attached hydrogens (tertiary/aromatic N) is 7. The van der Waals surface area contributed by atoms with Gasteiger partial charge in [-0.25, -0.2) is 4.79 Å². The summed E-state index contributed by atoms with van der Waals surface area (Å²) in [6, 6.07) is -1.48. The van der Waals surface area contributed by atoms with Gasteiger partial charge in [-0.15, -0.1) is 0 Å². The fraction of sp³-hybridized carbons (Fsp3) is 0.800. The Morgan fingerprint density at radius 3 is 2.70 bits per heavy atom. The molecule has 2 N–H and O–H groups in total. The zero-order chi connectivity index (χ0) is 17.2. The molecule has 3 amide bonds. The van der Waals surface area contributed by atoms with Crippen LogP contribution < -0.4 is 5.32 Å². The van der Waals surface area contributed by atoms with Gasteiger partial charge in [0.05, 0.1) is 18.8 Å². The molecule has 2 saturated heterocycles. The van der Waals surface area contributed by atoms with Gasteiger partial charge in [-0.1, -0.05) is 26.2 Å². The molecular formula is C10H13BrN8O4. The normalized spacial score (nSPS) is 36.9. The Kier molecular flexibility index (Phi) is 4.97. The topological polar surface area (TPSA) is 176 Å². The van der Waals surface area contributed by atoms with Crippen LogP contribution in [0, 0.1) is 0 Å². The number of amides is 3. The molecule has 0 radical (unpaired) electrons. The molecule has 12 nitrogen and oxygen atoms in total. The van der Waals surface area contributed by atoms with E-state index in [1.165, 1.54) is 6.92 Å². The third-order valence-electron chi connectivity index (χ3n) is 3.70. The van der Waals surface area contributed by atoms with Crippen LogP contribution in [0.2, 0.25) is 0 Å². The standard InChI is InChI=1S/C10H13BrN8O4/c1-10(11)7(16-18-13)19(9(22)14-8(10)21)6-2-4(15-17-12)5(3-20)23-6/h4-7,20H,2-3H2,1H3,(H,14,21,22)/t4-,5+,6+,7+,10-/m0/s1. The minimum Gasteiger partial charge on any atom is -0.394 e. The lowest BCUT2D eigenvalue weighted by Gasteiger charge is -2.43. The number of azide groups is 2. The average Bonchev–Trinajstić information content (AvgIpc) is 2.88. The predicted octanol–water partition coefficient (Wildman–Crippen LogP) is 1.11. The summed E-state index contributed by atoms with van der Waals surface area (Å²) in [6.07, 6.45) is -2.82. The third kappa shape index (κ3) is 3.05. The highest BCUT2D eigenvalue weighted by atomic mass is 79.9. The Labute approximate surface area is 138 Å². The second-order valence-corrected chi connectivity index (χ2v) is 6.79. The molecule has 124 valence electrons. The van der Waals surface area contributed by atoms with Crippen LogP contribution in [0.1, 0.15) is 13.3 Å². The Bertz CT molecular complexity index is 614. The Morgan fingerprint density at radius 2 is 2.13 bits per heavy atom. The summed E-state index contributed by atoms with van der Waals surface area (Å²) in [4.78, 5) is 30.5. The van der Waals surface area contributed by atoms with E-state index in [9.17, 15) is 14.7 Å². The third-order valence-corrected chi connectivity index (χ3v) is 4.47. The Hall–Kier alpha value is -2.04. The number of hydrogen-bond acceptors (Lipinski definition) is 6. The van der Waals surface area contributed by atoms with E-state index in [2.05, 4.69) is 41.3 Å². The minimum atomic E-state index is -1.36. The van der Waals surface area contributed by atoms with Crippen LogP contribution in [0.25, 0.3) is 20.9 Å². The number of nitrogens with one attached hydrogen (secondary N) is 1. The molecule has 0 aliphatic carbocycles. The molecule has 13 heteroatoms. The van der Waals surface area contributed by atoms with Crippen molar-refractivity contribution in [3.8, 4) is 0 Å². The monoisotopic (exact) mass is 388 g/mol. The van der Waals surface area contributed by atoms with Gasteiger partial charge in [0.2, 0.25) is 5.91 Å². The molecule has 5 atom stereocenters. The highest BCUT2D eigenvalue weighted by Gasteiger charge is 2.53. The van der Waals surface area contributed by atoms with Crippen LogP contribution in [-0.4, -0.2) is 57.4 Å². The molecule has 0 aromatic heterocycles. The van der Waals surface area contributed by atoms with Crippen molar-refractivity contribution in [2.24, 2.45) is 10.2 Å². The predicted molar refractivity (Wildman–Crippen MR) is 78.9 cm³/mol. The minimum absolute atomic E-state index is 0.0947. The van der Waals surface area contributed by atoms with Gasteiger partial charge in [0.1, 0.15) is 16.7 Å². The van der Waals surface area contributed by atoms with E-state index in [0.29, 0.717) is 0 Å². The van der Waals surface area contributed by atoms with Crippen molar-refractivity contribution in [3.63, 3.8) is 0 Å². The molecule has 23 heavy (non-hydrogen) atoms. The van der Waals surface area contributed by atoms with E-state index < -0.39 is 47.4 Å². The lowest BCUT2D eigenvalue weighted by atomic mass is 10.0. The fourth-order valence-electron chi connectivity index (χ4n) is 2.51. The van der Waals surface area contributed by atoms with E-state index in [0.717, 1.165) is 4.90 Å². The van der Waals surface area contributed by atoms with E-state index in [4.69, 9.17) is 15.8 Å². The Morgan fingerprint density at radius 1 is 1.48 bits per heavy atom. The Balaban J connectivity index is 2.35. The summed E-state index contributed by atoms with van der Waals surface area (Å²) in [5.41, 5.74) is 17.3. The van der Waals surface area contributed by atoms with Crippen molar-refractivity contribution < 1.29 is 19.4 Å². The van der Waals surface area contributed by atoms with Crippen molar-refractivity contribution in [2.75, 3.05) is 6.61 Å². The highest BCUT2D eigenvalue weighted by Crippen LogP contribution is 2.36. The van der Waals surface area contributed by atoms with Gasteiger partial charge in [0.15, 0.2) is 0 Å². The molecule has 2 rings (SSSR count). The summed E-state index contributed by atoms with van der Waals surface area (Å²) < 4.78 is 4.17. The molecule has 0 aromatic carbocycles. The maximum atomic E-state index is 12.2. The van der Waals surface area contributed by atoms with Crippen molar-refractivity contribution in [1.29, 1.82) is 0 Å². The van der Waals surface area contributed by atoms with Crippen LogP contribution in [0.4, 0.5) is 4.79 Å². The smallest absolute Gasteiger partial charge is 0.326 e. The van der Waals surface area contributed by atoms with Gasteiger partial charge >= 0.3 is 6.03 Å². The van der Waals surface area contributed by atoms with Crippen LogP contribution in [0.3, 0.4) is 0 Å². The number of alkyl halides is 1. The number of aliphatic hydroxyl groups excluding tert-OH is 1.